The first kappa shape index (κ1) is 15.8. The van der Waals surface area contributed by atoms with Crippen LogP contribution in [0.4, 0.5) is 0 Å². The van der Waals surface area contributed by atoms with E-state index in [-0.39, 0.29) is 30.2 Å². The van der Waals surface area contributed by atoms with Gasteiger partial charge in [-0.2, -0.15) is 0 Å². The molecule has 6 nitrogen and oxygen atoms in total. The molecule has 1 amide bonds. The maximum atomic E-state index is 12.8. The van der Waals surface area contributed by atoms with E-state index in [0.29, 0.717) is 18.5 Å². The second-order valence-corrected chi connectivity index (χ2v) is 7.84. The van der Waals surface area contributed by atoms with E-state index in [4.69, 9.17) is 4.74 Å². The molecule has 2 aromatic rings. The first-order chi connectivity index (χ1) is 11.6. The number of aromatic nitrogens is 2. The Hall–Kier alpha value is -1.73. The third kappa shape index (κ3) is 2.46. The molecule has 0 unspecified atom stereocenters. The van der Waals surface area contributed by atoms with Gasteiger partial charge in [-0.25, -0.2) is 4.98 Å². The molecule has 1 aliphatic carbocycles. The van der Waals surface area contributed by atoms with Crippen LogP contribution in [0.1, 0.15) is 29.7 Å². The quantitative estimate of drug-likeness (QED) is 0.832. The Kier molecular flexibility index (Phi) is 3.92. The summed E-state index contributed by atoms with van der Waals surface area (Å²) in [6, 6.07) is 0.170. The second-order valence-electron chi connectivity index (χ2n) is 6.64. The fraction of sp³-hybridized carbons (Fsp3) is 0.588. The Morgan fingerprint density at radius 2 is 2.25 bits per heavy atom. The molecule has 7 heteroatoms. The lowest BCUT2D eigenvalue weighted by molar-refractivity contribution is -0.144. The zero-order valence-corrected chi connectivity index (χ0v) is 14.8. The van der Waals surface area contributed by atoms with E-state index in [9.17, 15) is 9.59 Å². The van der Waals surface area contributed by atoms with E-state index in [1.54, 1.807) is 0 Å². The predicted octanol–water partition coefficient (Wildman–Crippen LogP) is 1.85. The van der Waals surface area contributed by atoms with Crippen molar-refractivity contribution in [2.24, 2.45) is 0 Å². The number of morpholine rings is 1. The van der Waals surface area contributed by atoms with Gasteiger partial charge in [-0.1, -0.05) is 0 Å². The monoisotopic (exact) mass is 347 g/mol. The molecule has 1 aliphatic heterocycles. The average Bonchev–Trinajstić information content (AvgIpc) is 3.15. The number of aryl methyl sites for hydroxylation is 2. The number of carbonyl (C=O) groups is 1. The molecule has 128 valence electrons. The van der Waals surface area contributed by atoms with Gasteiger partial charge in [0.05, 0.1) is 30.5 Å². The van der Waals surface area contributed by atoms with E-state index in [1.165, 1.54) is 22.2 Å². The zero-order valence-electron chi connectivity index (χ0n) is 13.9. The summed E-state index contributed by atoms with van der Waals surface area (Å²) in [5.74, 6) is -0.0111. The van der Waals surface area contributed by atoms with E-state index >= 15 is 0 Å². The van der Waals surface area contributed by atoms with E-state index < -0.39 is 0 Å². The van der Waals surface area contributed by atoms with Crippen molar-refractivity contribution in [2.45, 2.75) is 51.8 Å². The molecule has 24 heavy (non-hydrogen) atoms. The Bertz CT molecular complexity index is 857. The Balaban J connectivity index is 1.62. The van der Waals surface area contributed by atoms with Crippen LogP contribution in [0.5, 0.6) is 0 Å². The molecule has 2 aromatic heterocycles. The first-order valence-electron chi connectivity index (χ1n) is 8.42. The van der Waals surface area contributed by atoms with E-state index in [1.807, 2.05) is 18.7 Å². The van der Waals surface area contributed by atoms with Gasteiger partial charge in [0, 0.05) is 11.4 Å². The van der Waals surface area contributed by atoms with Crippen LogP contribution in [0.3, 0.4) is 0 Å². The molecule has 2 aliphatic rings. The summed E-state index contributed by atoms with van der Waals surface area (Å²) in [6.45, 7) is 5.18. The van der Waals surface area contributed by atoms with Crippen LogP contribution in [-0.4, -0.2) is 45.7 Å². The van der Waals surface area contributed by atoms with Crippen LogP contribution >= 0.6 is 11.3 Å². The minimum Gasteiger partial charge on any atom is -0.374 e. The van der Waals surface area contributed by atoms with Crippen molar-refractivity contribution in [3.63, 3.8) is 0 Å². The predicted molar refractivity (Wildman–Crippen MR) is 92.4 cm³/mol. The summed E-state index contributed by atoms with van der Waals surface area (Å²) in [4.78, 5) is 33.6. The van der Waals surface area contributed by atoms with Crippen LogP contribution in [0.15, 0.2) is 11.1 Å². The van der Waals surface area contributed by atoms with Crippen LogP contribution in [0.25, 0.3) is 10.2 Å². The van der Waals surface area contributed by atoms with Crippen LogP contribution in [-0.2, 0) is 16.1 Å². The lowest BCUT2D eigenvalue weighted by Gasteiger charge is -2.37. The molecule has 0 spiro atoms. The lowest BCUT2D eigenvalue weighted by atomic mass is 10.1. The number of hydrogen-bond donors (Lipinski definition) is 0. The third-order valence-corrected chi connectivity index (χ3v) is 6.38. The van der Waals surface area contributed by atoms with Crippen LogP contribution < -0.4 is 5.56 Å². The zero-order chi connectivity index (χ0) is 16.8. The van der Waals surface area contributed by atoms with Gasteiger partial charge in [0.2, 0.25) is 5.91 Å². The lowest BCUT2D eigenvalue weighted by Crippen LogP contribution is -2.52. The van der Waals surface area contributed by atoms with Gasteiger partial charge in [-0.3, -0.25) is 14.2 Å². The summed E-state index contributed by atoms with van der Waals surface area (Å²) in [5.41, 5.74) is 0.850. The smallest absolute Gasteiger partial charge is 0.262 e. The number of nitrogens with zero attached hydrogens (tertiary/aromatic N) is 3. The maximum absolute atomic E-state index is 12.8. The van der Waals surface area contributed by atoms with Crippen molar-refractivity contribution in [1.29, 1.82) is 0 Å². The Morgan fingerprint density at radius 3 is 3.08 bits per heavy atom. The molecular weight excluding hydrogens is 326 g/mol. The van der Waals surface area contributed by atoms with Crippen molar-refractivity contribution in [3.05, 3.63) is 27.1 Å². The highest BCUT2D eigenvalue weighted by atomic mass is 32.1. The van der Waals surface area contributed by atoms with Gasteiger partial charge in [-0.05, 0) is 38.7 Å². The standard InChI is InChI=1S/C17H21N3O3S/c1-10-11(2)24-16-15(10)17(22)19(9-18-16)8-14(21)20-6-7-23-13-5-3-4-12(13)20/h9,12-13H,3-8H2,1-2H3/t12-,13-/m0/s1. The van der Waals surface area contributed by atoms with E-state index in [2.05, 4.69) is 4.98 Å². The van der Waals surface area contributed by atoms with Gasteiger partial charge in [0.15, 0.2) is 0 Å². The minimum absolute atomic E-state index is 0.0111. The molecule has 2 atom stereocenters. The van der Waals surface area contributed by atoms with Gasteiger partial charge >= 0.3 is 0 Å². The average molecular weight is 347 g/mol. The molecule has 1 saturated heterocycles. The summed E-state index contributed by atoms with van der Waals surface area (Å²) in [7, 11) is 0. The number of carbonyl (C=O) groups excluding carboxylic acids is 1. The van der Waals surface area contributed by atoms with Gasteiger partial charge < -0.3 is 9.64 Å². The van der Waals surface area contributed by atoms with Gasteiger partial charge in [0.25, 0.3) is 5.56 Å². The summed E-state index contributed by atoms with van der Waals surface area (Å²) < 4.78 is 7.21. The first-order valence-corrected chi connectivity index (χ1v) is 9.24. The van der Waals surface area contributed by atoms with E-state index in [0.717, 1.165) is 34.5 Å². The Labute approximate surface area is 144 Å². The molecule has 0 radical (unpaired) electrons. The normalized spacial score (nSPS) is 23.7. The number of fused-ring (bicyclic) bond motifs is 2. The van der Waals surface area contributed by atoms with Crippen LogP contribution in [0, 0.1) is 13.8 Å². The molecule has 0 aromatic carbocycles. The number of amides is 1. The minimum atomic E-state index is -0.119. The largest absolute Gasteiger partial charge is 0.374 e. The third-order valence-electron chi connectivity index (χ3n) is 5.26. The van der Waals surface area contributed by atoms with Crippen molar-refractivity contribution in [1.82, 2.24) is 14.5 Å². The summed E-state index contributed by atoms with van der Waals surface area (Å²) >= 11 is 1.52. The topological polar surface area (TPSA) is 64.4 Å². The highest BCUT2D eigenvalue weighted by Crippen LogP contribution is 2.30. The highest BCUT2D eigenvalue weighted by Gasteiger charge is 2.38. The maximum Gasteiger partial charge on any atom is 0.262 e. The number of thiophene rings is 1. The highest BCUT2D eigenvalue weighted by molar-refractivity contribution is 7.18. The fourth-order valence-corrected chi connectivity index (χ4v) is 4.84. The molecule has 4 rings (SSSR count). The van der Waals surface area contributed by atoms with Crippen LogP contribution in [0.2, 0.25) is 0 Å². The van der Waals surface area contributed by atoms with Gasteiger partial charge in [0.1, 0.15) is 11.4 Å². The molecular formula is C17H21N3O3S. The number of ether oxygens (including phenoxy) is 1. The molecule has 2 fully saturated rings. The van der Waals surface area contributed by atoms with Crippen molar-refractivity contribution in [3.8, 4) is 0 Å². The molecule has 1 saturated carbocycles. The molecule has 0 N–H and O–H groups in total. The molecule has 3 heterocycles. The summed E-state index contributed by atoms with van der Waals surface area (Å²) in [6.07, 6.45) is 4.78. The SMILES string of the molecule is Cc1sc2ncn(CC(=O)N3CCO[C@H]4CCC[C@@H]43)c(=O)c2c1C. The second kappa shape index (κ2) is 5.97. The molecule has 0 bridgehead atoms. The number of rotatable bonds is 2. The van der Waals surface area contributed by atoms with Crippen molar-refractivity contribution >= 4 is 27.5 Å². The van der Waals surface area contributed by atoms with Gasteiger partial charge in [-0.15, -0.1) is 11.3 Å². The van der Waals surface area contributed by atoms with Crippen molar-refractivity contribution in [2.75, 3.05) is 13.2 Å². The summed E-state index contributed by atoms with van der Waals surface area (Å²) in [5, 5.41) is 0.647. The number of hydrogen-bond acceptors (Lipinski definition) is 5. The fourth-order valence-electron chi connectivity index (χ4n) is 3.85. The Morgan fingerprint density at radius 1 is 1.42 bits per heavy atom. The van der Waals surface area contributed by atoms with Crippen molar-refractivity contribution < 1.29 is 9.53 Å².